The third-order valence-electron chi connectivity index (χ3n) is 7.75. The molecule has 0 bridgehead atoms. The highest BCUT2D eigenvalue weighted by atomic mass is 35.5. The third kappa shape index (κ3) is 6.86. The van der Waals surface area contributed by atoms with Crippen LogP contribution >= 0.6 is 23.2 Å². The van der Waals surface area contributed by atoms with Crippen LogP contribution in [0.1, 0.15) is 33.4 Å². The van der Waals surface area contributed by atoms with Crippen molar-refractivity contribution in [1.82, 2.24) is 29.9 Å². The van der Waals surface area contributed by atoms with E-state index < -0.39 is 11.9 Å². The van der Waals surface area contributed by atoms with Gasteiger partial charge in [0, 0.05) is 29.1 Å². The smallest absolute Gasteiger partial charge is 0.255 e. The van der Waals surface area contributed by atoms with Crippen LogP contribution in [-0.4, -0.2) is 42.1 Å². The number of phenols is 1. The van der Waals surface area contributed by atoms with Crippen molar-refractivity contribution in [3.05, 3.63) is 159 Å². The number of hydrogen-bond donors (Lipinski definition) is 2. The minimum absolute atomic E-state index is 0.0837. The molecule has 0 aliphatic carbocycles. The maximum Gasteiger partial charge on any atom is 0.255 e. The van der Waals surface area contributed by atoms with Gasteiger partial charge in [-0.15, -0.1) is 5.10 Å². The van der Waals surface area contributed by atoms with Crippen LogP contribution in [-0.2, 0) is 6.42 Å². The van der Waals surface area contributed by atoms with Crippen molar-refractivity contribution in [2.45, 2.75) is 18.4 Å². The summed E-state index contributed by atoms with van der Waals surface area (Å²) in [4.78, 5) is 32.0. The Hall–Kier alpha value is -5.25. The highest BCUT2D eigenvalue weighted by Gasteiger charge is 2.28. The minimum Gasteiger partial charge on any atom is -0.507 e. The highest BCUT2D eigenvalue weighted by Crippen LogP contribution is 2.33. The molecule has 9 nitrogen and oxygen atoms in total. The van der Waals surface area contributed by atoms with Crippen molar-refractivity contribution in [3.8, 4) is 22.7 Å². The number of hydrogen-bond acceptors (Lipinski definition) is 6. The summed E-state index contributed by atoms with van der Waals surface area (Å²) in [6.07, 6.45) is 3.63. The van der Waals surface area contributed by atoms with Gasteiger partial charge in [0.25, 0.3) is 11.5 Å². The molecule has 0 aliphatic rings. The SMILES string of the molecule is O=C(NC[C@H]([C@@H](Cc1ccccc1)c1ccccc1)n1cnc(-c2cc(Cl)ccc2-n2cc(Cl)nn2)cc1=O)c1ccccc1O. The van der Waals surface area contributed by atoms with Crippen LogP contribution in [0.4, 0.5) is 0 Å². The van der Waals surface area contributed by atoms with Gasteiger partial charge < -0.3 is 10.4 Å². The molecule has 0 radical (unpaired) electrons. The molecule has 0 aliphatic heterocycles. The molecule has 1 amide bonds. The Bertz CT molecular complexity index is 2030. The van der Waals surface area contributed by atoms with Gasteiger partial charge >= 0.3 is 0 Å². The van der Waals surface area contributed by atoms with Crippen molar-refractivity contribution in [1.29, 1.82) is 0 Å². The summed E-state index contributed by atoms with van der Waals surface area (Å²) in [6.45, 7) is 0.0837. The first-order valence-corrected chi connectivity index (χ1v) is 15.2. The first-order chi connectivity index (χ1) is 22.4. The number of aromatic nitrogens is 5. The zero-order chi connectivity index (χ0) is 32.0. The lowest BCUT2D eigenvalue weighted by Crippen LogP contribution is -2.38. The van der Waals surface area contributed by atoms with E-state index in [0.717, 1.165) is 11.1 Å². The molecule has 6 rings (SSSR count). The Labute approximate surface area is 274 Å². The number of aromatic hydroxyl groups is 1. The van der Waals surface area contributed by atoms with Gasteiger partial charge in [0.1, 0.15) is 5.75 Å². The van der Waals surface area contributed by atoms with Gasteiger partial charge in [0.2, 0.25) is 0 Å². The van der Waals surface area contributed by atoms with E-state index in [9.17, 15) is 14.7 Å². The highest BCUT2D eigenvalue weighted by molar-refractivity contribution is 6.31. The molecule has 0 saturated carbocycles. The number of carbonyl (C=O) groups excluding carboxylic acids is 1. The Morgan fingerprint density at radius 2 is 1.61 bits per heavy atom. The van der Waals surface area contributed by atoms with E-state index in [4.69, 9.17) is 28.2 Å². The zero-order valence-electron chi connectivity index (χ0n) is 24.4. The average molecular weight is 652 g/mol. The van der Waals surface area contributed by atoms with Crippen molar-refractivity contribution in [2.75, 3.05) is 6.54 Å². The van der Waals surface area contributed by atoms with Crippen LogP contribution in [0.5, 0.6) is 5.75 Å². The molecule has 0 fully saturated rings. The van der Waals surface area contributed by atoms with Gasteiger partial charge in [-0.25, -0.2) is 9.67 Å². The Morgan fingerprint density at radius 1 is 0.891 bits per heavy atom. The summed E-state index contributed by atoms with van der Waals surface area (Å²) in [7, 11) is 0. The normalized spacial score (nSPS) is 12.4. The first kappa shape index (κ1) is 30.8. The van der Waals surface area contributed by atoms with Gasteiger partial charge in [0.05, 0.1) is 35.5 Å². The van der Waals surface area contributed by atoms with Crippen LogP contribution in [0, 0.1) is 0 Å². The van der Waals surface area contributed by atoms with E-state index in [1.807, 2.05) is 60.7 Å². The van der Waals surface area contributed by atoms with Crippen LogP contribution < -0.4 is 10.9 Å². The fraction of sp³-hybridized carbons (Fsp3) is 0.114. The number of amides is 1. The number of carbonyl (C=O) groups is 1. The maximum absolute atomic E-state index is 14.0. The molecule has 11 heteroatoms. The molecular formula is C35H28Cl2N6O3. The van der Waals surface area contributed by atoms with Crippen LogP contribution in [0.2, 0.25) is 10.2 Å². The molecule has 2 heterocycles. The maximum atomic E-state index is 14.0. The summed E-state index contributed by atoms with van der Waals surface area (Å²) in [5.41, 5.74) is 3.40. The molecule has 46 heavy (non-hydrogen) atoms. The molecule has 230 valence electrons. The van der Waals surface area contributed by atoms with E-state index in [1.165, 1.54) is 23.1 Å². The molecule has 0 saturated heterocycles. The second kappa shape index (κ2) is 13.8. The average Bonchev–Trinajstić information content (AvgIpc) is 3.51. The van der Waals surface area contributed by atoms with Crippen LogP contribution in [0.25, 0.3) is 16.9 Å². The van der Waals surface area contributed by atoms with Gasteiger partial charge in [-0.2, -0.15) is 0 Å². The summed E-state index contributed by atoms with van der Waals surface area (Å²) in [5, 5.41) is 21.8. The summed E-state index contributed by atoms with van der Waals surface area (Å²) in [6, 6.07) is 32.2. The van der Waals surface area contributed by atoms with Crippen LogP contribution in [0.15, 0.2) is 127 Å². The second-order valence-corrected chi connectivity index (χ2v) is 11.5. The Kier molecular flexibility index (Phi) is 9.23. The second-order valence-electron chi connectivity index (χ2n) is 10.7. The van der Waals surface area contributed by atoms with Crippen molar-refractivity contribution in [2.24, 2.45) is 0 Å². The van der Waals surface area contributed by atoms with Gasteiger partial charge in [-0.1, -0.05) is 101 Å². The third-order valence-corrected chi connectivity index (χ3v) is 8.16. The molecule has 2 aromatic heterocycles. The minimum atomic E-state index is -0.556. The number of phenolic OH excluding ortho intramolecular Hbond substituents is 1. The van der Waals surface area contributed by atoms with E-state index in [0.29, 0.717) is 28.4 Å². The molecule has 2 atom stereocenters. The van der Waals surface area contributed by atoms with Gasteiger partial charge in [-0.05, 0) is 47.9 Å². The Morgan fingerprint density at radius 3 is 2.30 bits per heavy atom. The fourth-order valence-corrected chi connectivity index (χ4v) is 5.82. The summed E-state index contributed by atoms with van der Waals surface area (Å²) >= 11 is 12.4. The van der Waals surface area contributed by atoms with E-state index >= 15 is 0 Å². The number of halogens is 2. The van der Waals surface area contributed by atoms with E-state index in [2.05, 4.69) is 15.6 Å². The van der Waals surface area contributed by atoms with Crippen molar-refractivity contribution < 1.29 is 9.90 Å². The lowest BCUT2D eigenvalue weighted by Gasteiger charge is -2.30. The van der Waals surface area contributed by atoms with Crippen LogP contribution in [0.3, 0.4) is 0 Å². The van der Waals surface area contributed by atoms with Gasteiger partial charge in [-0.3, -0.25) is 14.2 Å². The lowest BCUT2D eigenvalue weighted by atomic mass is 9.85. The number of rotatable bonds is 10. The number of nitrogens with one attached hydrogen (secondary N) is 1. The molecule has 0 spiro atoms. The molecule has 4 aromatic carbocycles. The molecular weight excluding hydrogens is 623 g/mol. The zero-order valence-corrected chi connectivity index (χ0v) is 25.9. The molecule has 6 aromatic rings. The Balaban J connectivity index is 1.43. The quantitative estimate of drug-likeness (QED) is 0.175. The fourth-order valence-electron chi connectivity index (χ4n) is 5.52. The molecule has 2 N–H and O–H groups in total. The number of para-hydroxylation sites is 1. The summed E-state index contributed by atoms with van der Waals surface area (Å²) in [5.74, 6) is -0.824. The number of benzene rings is 4. The van der Waals surface area contributed by atoms with Crippen molar-refractivity contribution in [3.63, 3.8) is 0 Å². The largest absolute Gasteiger partial charge is 0.507 e. The van der Waals surface area contributed by atoms with E-state index in [1.54, 1.807) is 47.2 Å². The van der Waals surface area contributed by atoms with Gasteiger partial charge in [0.15, 0.2) is 5.15 Å². The van der Waals surface area contributed by atoms with Crippen molar-refractivity contribution >= 4 is 29.1 Å². The predicted octanol–water partition coefficient (Wildman–Crippen LogP) is 6.50. The number of nitrogens with zero attached hydrogens (tertiary/aromatic N) is 5. The first-order valence-electron chi connectivity index (χ1n) is 14.5. The standard InChI is InChI=1S/C35H28Cl2N6O3/c36-25-15-16-30(43-21-33(37)40-41-43)28(18-25)29-19-34(45)42(22-39-29)31(20-38-35(46)26-13-7-8-14-32(26)44)27(24-11-5-2-6-12-24)17-23-9-3-1-4-10-23/h1-16,18-19,21-22,27,31,44H,17,20H2,(H,38,46)/t27-,31+/m0/s1. The molecule has 0 unspecified atom stereocenters. The summed E-state index contributed by atoms with van der Waals surface area (Å²) < 4.78 is 3.04. The monoisotopic (exact) mass is 650 g/mol. The lowest BCUT2D eigenvalue weighted by molar-refractivity contribution is 0.0942. The topological polar surface area (TPSA) is 115 Å². The predicted molar refractivity (Wildman–Crippen MR) is 178 cm³/mol. The van der Waals surface area contributed by atoms with E-state index in [-0.39, 0.29) is 34.5 Å².